The zero-order chi connectivity index (χ0) is 35.2. The fourth-order valence-corrected chi connectivity index (χ4v) is 8.46. The molecule has 0 unspecified atom stereocenters. The van der Waals surface area contributed by atoms with Gasteiger partial charge in [0.05, 0.1) is 16.8 Å². The third kappa shape index (κ3) is 5.03. The molecule has 1 heterocycles. The molecule has 248 valence electrons. The summed E-state index contributed by atoms with van der Waals surface area (Å²) in [6.07, 6.45) is 0. The Labute approximate surface area is 309 Å². The molecular formula is C51H34N2. The molecule has 0 bridgehead atoms. The first kappa shape index (κ1) is 30.9. The lowest BCUT2D eigenvalue weighted by molar-refractivity contribution is 0.775. The number of benzene rings is 8. The predicted octanol–water partition coefficient (Wildman–Crippen LogP) is 12.7. The van der Waals surface area contributed by atoms with Crippen molar-refractivity contribution < 1.29 is 0 Å². The molecule has 9 aromatic rings. The van der Waals surface area contributed by atoms with Crippen molar-refractivity contribution in [1.29, 1.82) is 0 Å². The molecule has 0 N–H and O–H groups in total. The number of hydrogen-bond acceptors (Lipinski definition) is 2. The summed E-state index contributed by atoms with van der Waals surface area (Å²) in [7, 11) is 0. The normalized spacial score (nSPS) is 12.7. The Morgan fingerprint density at radius 1 is 0.358 bits per heavy atom. The van der Waals surface area contributed by atoms with E-state index >= 15 is 0 Å². The second-order valence-corrected chi connectivity index (χ2v) is 13.7. The van der Waals surface area contributed by atoms with Gasteiger partial charge in [0, 0.05) is 16.7 Å². The maximum absolute atomic E-state index is 5.18. The molecule has 0 atom stereocenters. The lowest BCUT2D eigenvalue weighted by atomic mass is 9.66. The third-order valence-corrected chi connectivity index (χ3v) is 10.7. The lowest BCUT2D eigenvalue weighted by Crippen LogP contribution is -2.28. The highest BCUT2D eigenvalue weighted by Gasteiger charge is 2.48. The van der Waals surface area contributed by atoms with E-state index in [9.17, 15) is 0 Å². The van der Waals surface area contributed by atoms with Crippen molar-refractivity contribution in [1.82, 2.24) is 9.97 Å². The molecule has 2 heteroatoms. The molecule has 0 radical (unpaired) electrons. The first-order valence-corrected chi connectivity index (χ1v) is 18.2. The maximum Gasteiger partial charge on any atom is 0.160 e. The minimum atomic E-state index is -0.510. The van der Waals surface area contributed by atoms with Gasteiger partial charge >= 0.3 is 0 Å². The van der Waals surface area contributed by atoms with Gasteiger partial charge in [0.2, 0.25) is 0 Å². The van der Waals surface area contributed by atoms with Crippen LogP contribution in [-0.2, 0) is 5.41 Å². The van der Waals surface area contributed by atoms with Crippen LogP contribution in [0.4, 0.5) is 0 Å². The van der Waals surface area contributed by atoms with Gasteiger partial charge in [-0.05, 0) is 73.5 Å². The zero-order valence-electron chi connectivity index (χ0n) is 29.0. The van der Waals surface area contributed by atoms with Crippen molar-refractivity contribution in [2.75, 3.05) is 0 Å². The Balaban J connectivity index is 1.25. The molecule has 8 aromatic carbocycles. The van der Waals surface area contributed by atoms with Gasteiger partial charge in [-0.3, -0.25) is 0 Å². The average molecular weight is 675 g/mol. The van der Waals surface area contributed by atoms with Crippen LogP contribution < -0.4 is 0 Å². The molecular weight excluding hydrogens is 641 g/mol. The third-order valence-electron chi connectivity index (χ3n) is 10.7. The Kier molecular flexibility index (Phi) is 7.40. The molecule has 0 amide bonds. The van der Waals surface area contributed by atoms with Crippen LogP contribution in [0, 0.1) is 0 Å². The van der Waals surface area contributed by atoms with Crippen LogP contribution in [0.5, 0.6) is 0 Å². The fourth-order valence-electron chi connectivity index (χ4n) is 8.46. The summed E-state index contributed by atoms with van der Waals surface area (Å²) in [5, 5.41) is 2.48. The van der Waals surface area contributed by atoms with E-state index in [4.69, 9.17) is 9.97 Å². The highest BCUT2D eigenvalue weighted by Crippen LogP contribution is 2.60. The molecule has 1 aliphatic carbocycles. The predicted molar refractivity (Wildman–Crippen MR) is 219 cm³/mol. The van der Waals surface area contributed by atoms with Gasteiger partial charge in [-0.1, -0.05) is 188 Å². The standard InChI is InChI=1S/C51H34N2/c1-5-18-35(19-6-1)46-34-47(53-50(52-46)36-20-7-2-8-21-36)39-24-17-23-37(32-39)44-33-38-22-13-14-29-42(38)49-48(44)43-30-15-16-31-45(43)51(49,40-25-9-3-10-26-40)41-27-11-4-12-28-41/h1-34H. The number of aromatic nitrogens is 2. The average Bonchev–Trinajstić information content (AvgIpc) is 3.57. The van der Waals surface area contributed by atoms with Crippen molar-refractivity contribution in [2.45, 2.75) is 5.41 Å². The summed E-state index contributed by atoms with van der Waals surface area (Å²) >= 11 is 0. The Morgan fingerprint density at radius 2 is 0.887 bits per heavy atom. The van der Waals surface area contributed by atoms with E-state index in [1.807, 2.05) is 24.3 Å². The van der Waals surface area contributed by atoms with Gasteiger partial charge < -0.3 is 0 Å². The smallest absolute Gasteiger partial charge is 0.160 e. The minimum absolute atomic E-state index is 0.510. The van der Waals surface area contributed by atoms with Gasteiger partial charge in [-0.2, -0.15) is 0 Å². The van der Waals surface area contributed by atoms with E-state index in [0.29, 0.717) is 5.82 Å². The molecule has 1 aliphatic rings. The summed E-state index contributed by atoms with van der Waals surface area (Å²) in [5.41, 5.74) is 14.4. The van der Waals surface area contributed by atoms with Crippen molar-refractivity contribution in [3.05, 3.63) is 229 Å². The minimum Gasteiger partial charge on any atom is -0.228 e. The molecule has 0 aliphatic heterocycles. The second kappa shape index (κ2) is 12.7. The number of nitrogens with zero attached hydrogens (tertiary/aromatic N) is 2. The Hall–Kier alpha value is -6.90. The molecule has 0 saturated carbocycles. The van der Waals surface area contributed by atoms with Gasteiger partial charge in [0.15, 0.2) is 5.82 Å². The van der Waals surface area contributed by atoms with Crippen molar-refractivity contribution in [2.24, 2.45) is 0 Å². The first-order valence-electron chi connectivity index (χ1n) is 18.2. The van der Waals surface area contributed by atoms with Crippen LogP contribution >= 0.6 is 0 Å². The van der Waals surface area contributed by atoms with Crippen LogP contribution in [-0.4, -0.2) is 9.97 Å². The SMILES string of the molecule is c1ccc(-c2cc(-c3cccc(-c4cc5ccccc5c5c4-c4ccccc4C5(c4ccccc4)c4ccccc4)c3)nc(-c3ccccc3)n2)cc1. The number of rotatable bonds is 6. The summed E-state index contributed by atoms with van der Waals surface area (Å²) in [6, 6.07) is 74.1. The molecule has 10 rings (SSSR count). The largest absolute Gasteiger partial charge is 0.228 e. The highest BCUT2D eigenvalue weighted by molar-refractivity contribution is 6.07. The summed E-state index contributed by atoms with van der Waals surface area (Å²) < 4.78 is 0. The molecule has 2 nitrogen and oxygen atoms in total. The lowest BCUT2D eigenvalue weighted by Gasteiger charge is -2.35. The van der Waals surface area contributed by atoms with Crippen LogP contribution in [0.2, 0.25) is 0 Å². The summed E-state index contributed by atoms with van der Waals surface area (Å²) in [5.74, 6) is 0.711. The van der Waals surface area contributed by atoms with E-state index < -0.39 is 5.41 Å². The van der Waals surface area contributed by atoms with E-state index in [-0.39, 0.29) is 0 Å². The van der Waals surface area contributed by atoms with E-state index in [0.717, 1.165) is 33.6 Å². The molecule has 0 spiro atoms. The van der Waals surface area contributed by atoms with Gasteiger partial charge in [-0.15, -0.1) is 0 Å². The van der Waals surface area contributed by atoms with Gasteiger partial charge in [0.25, 0.3) is 0 Å². The Bertz CT molecular complexity index is 2660. The van der Waals surface area contributed by atoms with Gasteiger partial charge in [-0.25, -0.2) is 9.97 Å². The number of fused-ring (bicyclic) bond motifs is 5. The first-order chi connectivity index (χ1) is 26.3. The van der Waals surface area contributed by atoms with Crippen LogP contribution in [0.1, 0.15) is 22.3 Å². The van der Waals surface area contributed by atoms with E-state index in [1.165, 1.54) is 49.7 Å². The zero-order valence-corrected chi connectivity index (χ0v) is 29.0. The quantitative estimate of drug-likeness (QED) is 0.175. The van der Waals surface area contributed by atoms with Crippen molar-refractivity contribution in [3.63, 3.8) is 0 Å². The van der Waals surface area contributed by atoms with E-state index in [1.54, 1.807) is 0 Å². The highest BCUT2D eigenvalue weighted by atomic mass is 14.9. The second-order valence-electron chi connectivity index (χ2n) is 13.7. The molecule has 0 fully saturated rings. The molecule has 1 aromatic heterocycles. The Morgan fingerprint density at radius 3 is 1.58 bits per heavy atom. The number of hydrogen-bond donors (Lipinski definition) is 0. The monoisotopic (exact) mass is 674 g/mol. The van der Waals surface area contributed by atoms with E-state index in [2.05, 4.69) is 182 Å². The maximum atomic E-state index is 5.18. The van der Waals surface area contributed by atoms with Gasteiger partial charge in [0.1, 0.15) is 0 Å². The molecule has 53 heavy (non-hydrogen) atoms. The van der Waals surface area contributed by atoms with Crippen molar-refractivity contribution in [3.8, 4) is 56.2 Å². The van der Waals surface area contributed by atoms with Crippen LogP contribution in [0.3, 0.4) is 0 Å². The molecule has 0 saturated heterocycles. The summed E-state index contributed by atoms with van der Waals surface area (Å²) in [4.78, 5) is 10.2. The topological polar surface area (TPSA) is 25.8 Å². The fraction of sp³-hybridized carbons (Fsp3) is 0.0196. The summed E-state index contributed by atoms with van der Waals surface area (Å²) in [6.45, 7) is 0. The van der Waals surface area contributed by atoms with Crippen LogP contribution in [0.15, 0.2) is 206 Å². The van der Waals surface area contributed by atoms with Crippen molar-refractivity contribution >= 4 is 10.8 Å². The van der Waals surface area contributed by atoms with Crippen LogP contribution in [0.25, 0.3) is 66.9 Å².